The molecule has 0 spiro atoms. The van der Waals surface area contributed by atoms with Crippen molar-refractivity contribution in [3.63, 3.8) is 0 Å². The van der Waals surface area contributed by atoms with Crippen LogP contribution in [0.5, 0.6) is 5.75 Å². The van der Waals surface area contributed by atoms with Crippen molar-refractivity contribution < 1.29 is 34.1 Å². The number of anilines is 1. The fourth-order valence-electron chi connectivity index (χ4n) is 5.74. The maximum absolute atomic E-state index is 12.8. The van der Waals surface area contributed by atoms with Crippen LogP contribution in [0.3, 0.4) is 0 Å². The van der Waals surface area contributed by atoms with Gasteiger partial charge in [0, 0.05) is 21.0 Å². The number of benzene rings is 3. The van der Waals surface area contributed by atoms with Gasteiger partial charge in [-0.2, -0.15) is 0 Å². The van der Waals surface area contributed by atoms with Gasteiger partial charge in [-0.05, 0) is 61.0 Å². The number of rotatable bonds is 26. The van der Waals surface area contributed by atoms with Crippen LogP contribution < -0.4 is 10.1 Å². The van der Waals surface area contributed by atoms with Gasteiger partial charge in [0.1, 0.15) is 5.75 Å². The fourth-order valence-corrected chi connectivity index (χ4v) is 6.79. The van der Waals surface area contributed by atoms with E-state index in [4.69, 9.17) is 4.74 Å². The SMILES string of the molecule is CCCCCCCCCCCCCCCCCCOc1ccc(C(=O)CC(=O)Nc2ccc(Sc3ccccc3C(=O)O)c(C(=O)O)c2)cc1. The third-order valence-corrected chi connectivity index (χ3v) is 9.75. The number of carboxylic acid groups (broad SMARTS) is 2. The van der Waals surface area contributed by atoms with Crippen LogP contribution in [-0.4, -0.2) is 40.4 Å². The summed E-state index contributed by atoms with van der Waals surface area (Å²) in [5.41, 5.74) is 0.549. The van der Waals surface area contributed by atoms with Crippen LogP contribution in [0.25, 0.3) is 0 Å². The Morgan fingerprint density at radius 3 is 1.70 bits per heavy atom. The average molecular weight is 704 g/mol. The van der Waals surface area contributed by atoms with Crippen molar-refractivity contribution in [1.82, 2.24) is 0 Å². The highest BCUT2D eigenvalue weighted by atomic mass is 32.2. The van der Waals surface area contributed by atoms with E-state index in [1.807, 2.05) is 0 Å². The molecule has 0 aliphatic heterocycles. The summed E-state index contributed by atoms with van der Waals surface area (Å²) in [6.07, 6.45) is 20.7. The van der Waals surface area contributed by atoms with E-state index in [-0.39, 0.29) is 22.6 Å². The van der Waals surface area contributed by atoms with Gasteiger partial charge in [-0.15, -0.1) is 0 Å². The minimum Gasteiger partial charge on any atom is -0.494 e. The van der Waals surface area contributed by atoms with Gasteiger partial charge in [0.05, 0.1) is 24.2 Å². The number of nitrogens with one attached hydrogen (secondary N) is 1. The number of carbonyl (C=O) groups is 4. The van der Waals surface area contributed by atoms with Gasteiger partial charge in [0.15, 0.2) is 5.78 Å². The number of carbonyl (C=O) groups excluding carboxylic acids is 2. The molecule has 0 saturated heterocycles. The summed E-state index contributed by atoms with van der Waals surface area (Å²) in [6, 6.07) is 17.4. The molecule has 3 aromatic rings. The van der Waals surface area contributed by atoms with Crippen LogP contribution in [-0.2, 0) is 4.79 Å². The molecule has 0 unspecified atom stereocenters. The number of carboxylic acids is 2. The Morgan fingerprint density at radius 1 is 0.620 bits per heavy atom. The molecular formula is C41H53NO7S. The first-order valence-corrected chi connectivity index (χ1v) is 19.0. The summed E-state index contributed by atoms with van der Waals surface area (Å²) in [5.74, 6) is -2.62. The number of aromatic carboxylic acids is 2. The molecule has 0 radical (unpaired) electrons. The molecule has 50 heavy (non-hydrogen) atoms. The monoisotopic (exact) mass is 703 g/mol. The summed E-state index contributed by atoms with van der Waals surface area (Å²) in [6.45, 7) is 2.89. The highest BCUT2D eigenvalue weighted by Gasteiger charge is 2.18. The molecule has 0 aliphatic carbocycles. The van der Waals surface area contributed by atoms with Gasteiger partial charge >= 0.3 is 11.9 Å². The summed E-state index contributed by atoms with van der Waals surface area (Å²) in [5, 5.41) is 21.8. The van der Waals surface area contributed by atoms with Crippen LogP contribution in [0.2, 0.25) is 0 Å². The molecule has 9 heteroatoms. The van der Waals surface area contributed by atoms with Gasteiger partial charge in [0.2, 0.25) is 5.91 Å². The van der Waals surface area contributed by atoms with Crippen LogP contribution in [0.1, 0.15) is 147 Å². The molecule has 1 amide bonds. The lowest BCUT2D eigenvalue weighted by Gasteiger charge is -2.11. The Kier molecular flexibility index (Phi) is 18.8. The third-order valence-electron chi connectivity index (χ3n) is 8.60. The lowest BCUT2D eigenvalue weighted by molar-refractivity contribution is -0.115. The van der Waals surface area contributed by atoms with E-state index in [1.54, 1.807) is 42.5 Å². The summed E-state index contributed by atoms with van der Waals surface area (Å²) in [7, 11) is 0. The number of ether oxygens (including phenoxy) is 1. The average Bonchev–Trinajstić information content (AvgIpc) is 3.10. The van der Waals surface area contributed by atoms with Crippen molar-refractivity contribution >= 4 is 41.1 Å². The molecule has 0 heterocycles. The second-order valence-electron chi connectivity index (χ2n) is 12.7. The number of hydrogen-bond acceptors (Lipinski definition) is 6. The molecule has 3 N–H and O–H groups in total. The normalized spacial score (nSPS) is 10.9. The molecule has 3 aromatic carbocycles. The van der Waals surface area contributed by atoms with Gasteiger partial charge < -0.3 is 20.3 Å². The maximum Gasteiger partial charge on any atom is 0.336 e. The second kappa shape index (κ2) is 23.3. The Morgan fingerprint density at radius 2 is 1.14 bits per heavy atom. The highest BCUT2D eigenvalue weighted by Crippen LogP contribution is 2.34. The van der Waals surface area contributed by atoms with Crippen LogP contribution in [0.15, 0.2) is 76.5 Å². The number of amides is 1. The lowest BCUT2D eigenvalue weighted by Crippen LogP contribution is -2.17. The fraction of sp³-hybridized carbons (Fsp3) is 0.463. The Bertz CT molecular complexity index is 1510. The third kappa shape index (κ3) is 15.2. The quantitative estimate of drug-likeness (QED) is 0.0428. The molecule has 0 bridgehead atoms. The van der Waals surface area contributed by atoms with Crippen LogP contribution in [0.4, 0.5) is 5.69 Å². The van der Waals surface area contributed by atoms with E-state index in [0.29, 0.717) is 27.7 Å². The number of Topliss-reactive ketones (excluding diaryl/α,β-unsaturated/α-hetero) is 1. The molecule has 270 valence electrons. The second-order valence-corrected chi connectivity index (χ2v) is 13.8. The molecule has 0 saturated carbocycles. The zero-order valence-corrected chi connectivity index (χ0v) is 30.2. The number of ketones is 1. The maximum atomic E-state index is 12.8. The number of hydrogen-bond donors (Lipinski definition) is 3. The van der Waals surface area contributed by atoms with Crippen molar-refractivity contribution in [1.29, 1.82) is 0 Å². The zero-order valence-electron chi connectivity index (χ0n) is 29.4. The first-order chi connectivity index (χ1) is 24.3. The molecule has 0 atom stereocenters. The van der Waals surface area contributed by atoms with E-state index in [9.17, 15) is 29.4 Å². The minimum absolute atomic E-state index is 0.0553. The highest BCUT2D eigenvalue weighted by molar-refractivity contribution is 7.99. The van der Waals surface area contributed by atoms with E-state index < -0.39 is 24.3 Å². The van der Waals surface area contributed by atoms with Gasteiger partial charge in [-0.1, -0.05) is 127 Å². The van der Waals surface area contributed by atoms with Crippen molar-refractivity contribution in [3.8, 4) is 5.75 Å². The Labute approximate surface area is 301 Å². The first kappa shape index (κ1) is 40.3. The molecule has 0 aromatic heterocycles. The molecule has 8 nitrogen and oxygen atoms in total. The smallest absolute Gasteiger partial charge is 0.336 e. The molecular weight excluding hydrogens is 651 g/mol. The van der Waals surface area contributed by atoms with E-state index in [2.05, 4.69) is 12.2 Å². The Balaban J connectivity index is 1.30. The van der Waals surface area contributed by atoms with Gasteiger partial charge in [-0.3, -0.25) is 9.59 Å². The van der Waals surface area contributed by atoms with Gasteiger partial charge in [0.25, 0.3) is 0 Å². The molecule has 3 rings (SSSR count). The van der Waals surface area contributed by atoms with Gasteiger partial charge in [-0.25, -0.2) is 9.59 Å². The van der Waals surface area contributed by atoms with Crippen LogP contribution >= 0.6 is 11.8 Å². The molecule has 0 aliphatic rings. The largest absolute Gasteiger partial charge is 0.494 e. The van der Waals surface area contributed by atoms with Crippen molar-refractivity contribution in [3.05, 3.63) is 83.4 Å². The number of unbranched alkanes of at least 4 members (excludes halogenated alkanes) is 15. The predicted molar refractivity (Wildman–Crippen MR) is 200 cm³/mol. The molecule has 0 fully saturated rings. The predicted octanol–water partition coefficient (Wildman–Crippen LogP) is 11.1. The minimum atomic E-state index is -1.23. The summed E-state index contributed by atoms with van der Waals surface area (Å²) >= 11 is 1.01. The standard InChI is InChI=1S/C41H53NO7S/c1-2-3-4-5-6-7-8-9-10-11-12-13-14-15-16-19-28-49-33-25-22-31(23-26-33)36(43)30-39(44)42-32-24-27-38(35(29-32)41(47)48)50-37-21-18-17-20-34(37)40(45)46/h17-18,20-27,29H,2-16,19,28,30H2,1H3,(H,42,44)(H,45,46)(H,47,48). The Hall–Kier alpha value is -4.11. The topological polar surface area (TPSA) is 130 Å². The summed E-state index contributed by atoms with van der Waals surface area (Å²) < 4.78 is 5.85. The van der Waals surface area contributed by atoms with Crippen LogP contribution in [0, 0.1) is 0 Å². The van der Waals surface area contributed by atoms with E-state index >= 15 is 0 Å². The van der Waals surface area contributed by atoms with E-state index in [0.717, 1.165) is 24.6 Å². The lowest BCUT2D eigenvalue weighted by atomic mass is 10.0. The van der Waals surface area contributed by atoms with Crippen molar-refractivity contribution in [2.75, 3.05) is 11.9 Å². The van der Waals surface area contributed by atoms with Crippen molar-refractivity contribution in [2.45, 2.75) is 126 Å². The van der Waals surface area contributed by atoms with E-state index in [1.165, 1.54) is 114 Å². The zero-order chi connectivity index (χ0) is 36.0. The first-order valence-electron chi connectivity index (χ1n) is 18.2. The summed E-state index contributed by atoms with van der Waals surface area (Å²) in [4.78, 5) is 49.6. The van der Waals surface area contributed by atoms with Crippen molar-refractivity contribution in [2.24, 2.45) is 0 Å².